The maximum atomic E-state index is 10.7. The van der Waals surface area contributed by atoms with Crippen molar-refractivity contribution in [3.05, 3.63) is 17.8 Å². The molecule has 0 aromatic carbocycles. The second-order valence-electron chi connectivity index (χ2n) is 3.23. The van der Waals surface area contributed by atoms with Crippen molar-refractivity contribution in [3.63, 3.8) is 0 Å². The molecule has 0 bridgehead atoms. The molecule has 0 unspecified atom stereocenters. The summed E-state index contributed by atoms with van der Waals surface area (Å²) in [6.07, 6.45) is 3.28. The van der Waals surface area contributed by atoms with Crippen LogP contribution < -0.4 is 11.1 Å². The molecule has 0 radical (unpaired) electrons. The lowest BCUT2D eigenvalue weighted by atomic mass is 10.3. The number of aromatic nitrogens is 1. The van der Waals surface area contributed by atoms with E-state index in [9.17, 15) is 4.79 Å². The molecule has 3 N–H and O–H groups in total. The molecule has 1 amide bonds. The van der Waals surface area contributed by atoms with E-state index in [0.717, 1.165) is 12.8 Å². The maximum Gasteiger partial charge on any atom is 0.270 e. The summed E-state index contributed by atoms with van der Waals surface area (Å²) in [7, 11) is 1.85. The third-order valence-corrected chi connectivity index (χ3v) is 2.39. The van der Waals surface area contributed by atoms with Crippen LogP contribution in [0.3, 0.4) is 0 Å². The van der Waals surface area contributed by atoms with Crippen molar-refractivity contribution in [3.8, 4) is 0 Å². The summed E-state index contributed by atoms with van der Waals surface area (Å²) in [4.78, 5) is 14.7. The molecule has 5 heteroatoms. The van der Waals surface area contributed by atoms with E-state index in [-0.39, 0.29) is 11.2 Å². The molecule has 1 aromatic rings. The van der Waals surface area contributed by atoms with Crippen LogP contribution in [-0.2, 0) is 5.54 Å². The monoisotopic (exact) mass is 181 g/mol. The Morgan fingerprint density at radius 1 is 1.77 bits per heavy atom. The lowest BCUT2D eigenvalue weighted by Gasteiger charge is -2.07. The van der Waals surface area contributed by atoms with Gasteiger partial charge in [-0.3, -0.25) is 4.79 Å². The topological polar surface area (TPSA) is 81.1 Å². The fraction of sp³-hybridized carbons (Fsp3) is 0.500. The van der Waals surface area contributed by atoms with Gasteiger partial charge in [-0.1, -0.05) is 0 Å². The number of nitrogens with zero attached hydrogens (tertiary/aromatic N) is 1. The van der Waals surface area contributed by atoms with Gasteiger partial charge in [0.15, 0.2) is 5.69 Å². The number of oxazole rings is 1. The van der Waals surface area contributed by atoms with E-state index in [1.807, 2.05) is 7.05 Å². The second kappa shape index (κ2) is 2.56. The highest BCUT2D eigenvalue weighted by Gasteiger charge is 2.47. The normalized spacial score (nSPS) is 18.5. The molecule has 13 heavy (non-hydrogen) atoms. The quantitative estimate of drug-likeness (QED) is 0.686. The lowest BCUT2D eigenvalue weighted by Crippen LogP contribution is -2.25. The van der Waals surface area contributed by atoms with Gasteiger partial charge in [-0.05, 0) is 19.9 Å². The molecule has 1 fully saturated rings. The molecule has 1 heterocycles. The molecule has 1 aliphatic rings. The van der Waals surface area contributed by atoms with Crippen LogP contribution in [-0.4, -0.2) is 17.9 Å². The molecule has 1 aromatic heterocycles. The number of rotatable bonds is 3. The van der Waals surface area contributed by atoms with Gasteiger partial charge in [-0.25, -0.2) is 4.98 Å². The van der Waals surface area contributed by atoms with Gasteiger partial charge in [0.1, 0.15) is 6.26 Å². The van der Waals surface area contributed by atoms with Gasteiger partial charge >= 0.3 is 0 Å². The van der Waals surface area contributed by atoms with Crippen LogP contribution in [0.5, 0.6) is 0 Å². The second-order valence-corrected chi connectivity index (χ2v) is 3.23. The van der Waals surface area contributed by atoms with Gasteiger partial charge in [0.25, 0.3) is 5.91 Å². The maximum absolute atomic E-state index is 10.7. The van der Waals surface area contributed by atoms with Gasteiger partial charge in [0, 0.05) is 0 Å². The van der Waals surface area contributed by atoms with E-state index in [2.05, 4.69) is 10.3 Å². The Morgan fingerprint density at radius 3 is 2.85 bits per heavy atom. The third kappa shape index (κ3) is 1.21. The first-order valence-electron chi connectivity index (χ1n) is 4.13. The molecular weight excluding hydrogens is 170 g/mol. The van der Waals surface area contributed by atoms with Crippen LogP contribution in [0.25, 0.3) is 0 Å². The van der Waals surface area contributed by atoms with Gasteiger partial charge in [-0.15, -0.1) is 0 Å². The Bertz CT molecular complexity index is 341. The van der Waals surface area contributed by atoms with E-state index in [4.69, 9.17) is 10.2 Å². The van der Waals surface area contributed by atoms with Crippen molar-refractivity contribution in [2.24, 2.45) is 5.73 Å². The zero-order valence-electron chi connectivity index (χ0n) is 7.33. The average Bonchev–Trinajstić information content (AvgIpc) is 2.75. The summed E-state index contributed by atoms with van der Waals surface area (Å²) >= 11 is 0. The van der Waals surface area contributed by atoms with Crippen LogP contribution in [0.4, 0.5) is 0 Å². The summed E-state index contributed by atoms with van der Waals surface area (Å²) in [5, 5.41) is 3.11. The first-order valence-corrected chi connectivity index (χ1v) is 4.13. The van der Waals surface area contributed by atoms with Gasteiger partial charge < -0.3 is 15.5 Å². The minimum atomic E-state index is -0.554. The van der Waals surface area contributed by atoms with Crippen LogP contribution in [0.2, 0.25) is 0 Å². The lowest BCUT2D eigenvalue weighted by molar-refractivity contribution is 0.0995. The number of hydrogen-bond donors (Lipinski definition) is 2. The van der Waals surface area contributed by atoms with E-state index in [1.54, 1.807) is 0 Å². The largest absolute Gasteiger partial charge is 0.446 e. The third-order valence-electron chi connectivity index (χ3n) is 2.39. The highest BCUT2D eigenvalue weighted by atomic mass is 16.3. The standard InChI is InChI=1S/C8H11N3O2/c1-10-8(2-3-8)7-11-5(4-13-7)6(9)12/h4,10H,2-3H2,1H3,(H2,9,12). The predicted octanol–water partition coefficient (Wildman–Crippen LogP) is -0.0180. The van der Waals surface area contributed by atoms with E-state index >= 15 is 0 Å². The number of carbonyl (C=O) groups excluding carboxylic acids is 1. The molecule has 0 spiro atoms. The number of nitrogens with one attached hydrogen (secondary N) is 1. The molecule has 2 rings (SSSR count). The predicted molar refractivity (Wildman–Crippen MR) is 45.0 cm³/mol. The van der Waals surface area contributed by atoms with Crippen LogP contribution in [0.1, 0.15) is 29.2 Å². The number of primary amides is 1. The van der Waals surface area contributed by atoms with Crippen LogP contribution >= 0.6 is 0 Å². The Morgan fingerprint density at radius 2 is 2.46 bits per heavy atom. The zero-order chi connectivity index (χ0) is 9.47. The van der Waals surface area contributed by atoms with E-state index in [1.165, 1.54) is 6.26 Å². The Labute approximate surface area is 75.3 Å². The van der Waals surface area contributed by atoms with Crippen LogP contribution in [0.15, 0.2) is 10.7 Å². The minimum Gasteiger partial charge on any atom is -0.446 e. The average molecular weight is 181 g/mol. The summed E-state index contributed by atoms with van der Waals surface area (Å²) < 4.78 is 5.17. The minimum absolute atomic E-state index is 0.145. The summed E-state index contributed by atoms with van der Waals surface area (Å²) in [6.45, 7) is 0. The number of amides is 1. The number of carbonyl (C=O) groups is 1. The fourth-order valence-corrected chi connectivity index (χ4v) is 1.30. The van der Waals surface area contributed by atoms with Crippen molar-refractivity contribution < 1.29 is 9.21 Å². The number of nitrogens with two attached hydrogens (primary N) is 1. The molecule has 0 aliphatic heterocycles. The molecule has 0 saturated heterocycles. The summed E-state index contributed by atoms with van der Waals surface area (Å²) in [5.41, 5.74) is 5.10. The molecule has 1 saturated carbocycles. The molecule has 1 aliphatic carbocycles. The van der Waals surface area contributed by atoms with Gasteiger partial charge in [0.2, 0.25) is 5.89 Å². The van der Waals surface area contributed by atoms with E-state index < -0.39 is 5.91 Å². The van der Waals surface area contributed by atoms with E-state index in [0.29, 0.717) is 5.89 Å². The first-order chi connectivity index (χ1) is 6.18. The SMILES string of the molecule is CNC1(c2nc(C(N)=O)co2)CC1. The van der Waals surface area contributed by atoms with Crippen LogP contribution in [0, 0.1) is 0 Å². The zero-order valence-corrected chi connectivity index (χ0v) is 7.33. The van der Waals surface area contributed by atoms with Gasteiger partial charge in [-0.2, -0.15) is 0 Å². The smallest absolute Gasteiger partial charge is 0.270 e. The summed E-state index contributed by atoms with van der Waals surface area (Å²) in [6, 6.07) is 0. The molecule has 5 nitrogen and oxygen atoms in total. The highest BCUT2D eigenvalue weighted by molar-refractivity contribution is 5.90. The van der Waals surface area contributed by atoms with Crippen molar-refractivity contribution in [2.45, 2.75) is 18.4 Å². The molecular formula is C8H11N3O2. The van der Waals surface area contributed by atoms with Crippen molar-refractivity contribution in [1.29, 1.82) is 0 Å². The highest BCUT2D eigenvalue weighted by Crippen LogP contribution is 2.44. The summed E-state index contributed by atoms with van der Waals surface area (Å²) in [5.74, 6) is 0.00528. The van der Waals surface area contributed by atoms with Gasteiger partial charge in [0.05, 0.1) is 5.54 Å². The Hall–Kier alpha value is -1.36. The van der Waals surface area contributed by atoms with Crippen molar-refractivity contribution >= 4 is 5.91 Å². The van der Waals surface area contributed by atoms with Crippen molar-refractivity contribution in [1.82, 2.24) is 10.3 Å². The first kappa shape index (κ1) is 8.25. The Balaban J connectivity index is 2.28. The molecule has 70 valence electrons. The molecule has 0 atom stereocenters. The fourth-order valence-electron chi connectivity index (χ4n) is 1.30. The van der Waals surface area contributed by atoms with Crippen molar-refractivity contribution in [2.75, 3.05) is 7.05 Å². The number of hydrogen-bond acceptors (Lipinski definition) is 4. The Kier molecular flexibility index (Phi) is 1.63.